The summed E-state index contributed by atoms with van der Waals surface area (Å²) in [4.78, 5) is 0. The summed E-state index contributed by atoms with van der Waals surface area (Å²) in [6.45, 7) is 6.71. The van der Waals surface area contributed by atoms with Crippen LogP contribution in [-0.2, 0) is 0 Å². The molecular weight excluding hydrogens is 168 g/mol. The normalized spacial score (nSPS) is 32.0. The number of halogens is 1. The first-order valence-corrected chi connectivity index (χ1v) is 5.40. The van der Waals surface area contributed by atoms with Gasteiger partial charge in [-0.2, -0.15) is 0 Å². The molecule has 1 heteroatoms. The van der Waals surface area contributed by atoms with Gasteiger partial charge in [0.2, 0.25) is 0 Å². The Hall–Kier alpha value is 0.0300. The third kappa shape index (κ3) is 2.04. The van der Waals surface area contributed by atoms with Gasteiger partial charge in [0, 0.05) is 5.38 Å². The van der Waals surface area contributed by atoms with Crippen molar-refractivity contribution in [3.63, 3.8) is 0 Å². The van der Waals surface area contributed by atoms with E-state index in [4.69, 9.17) is 11.6 Å². The first-order valence-electron chi connectivity index (χ1n) is 4.97. The van der Waals surface area contributed by atoms with E-state index in [9.17, 15) is 0 Å². The van der Waals surface area contributed by atoms with E-state index in [2.05, 4.69) is 20.8 Å². The molecule has 0 saturated heterocycles. The van der Waals surface area contributed by atoms with Crippen LogP contribution in [0.25, 0.3) is 0 Å². The van der Waals surface area contributed by atoms with E-state index in [0.717, 1.165) is 0 Å². The molecule has 2 atom stereocenters. The Labute approximate surface area is 81.0 Å². The molecule has 0 nitrogen and oxygen atoms in total. The number of hydrogen-bond acceptors (Lipinski definition) is 0. The lowest BCUT2D eigenvalue weighted by molar-refractivity contribution is 0.638. The summed E-state index contributed by atoms with van der Waals surface area (Å²) in [7, 11) is 0. The highest BCUT2D eigenvalue weighted by Crippen LogP contribution is 2.36. The second-order valence-electron chi connectivity index (χ2n) is 3.87. The second kappa shape index (κ2) is 4.32. The van der Waals surface area contributed by atoms with Gasteiger partial charge in [0.25, 0.3) is 0 Å². The van der Waals surface area contributed by atoms with Crippen molar-refractivity contribution in [1.82, 2.24) is 0 Å². The zero-order chi connectivity index (χ0) is 9.14. The number of allylic oxidation sites excluding steroid dienone is 2. The Balaban J connectivity index is 2.68. The lowest BCUT2D eigenvalue weighted by Crippen LogP contribution is -2.09. The molecule has 0 radical (unpaired) electrons. The van der Waals surface area contributed by atoms with Crippen LogP contribution in [0.1, 0.15) is 46.5 Å². The fraction of sp³-hybridized carbons (Fsp3) is 0.818. The molecule has 0 bridgehead atoms. The number of alkyl halides is 1. The van der Waals surface area contributed by atoms with Crippen molar-refractivity contribution in [3.8, 4) is 0 Å². The largest absolute Gasteiger partial charge is 0.122 e. The van der Waals surface area contributed by atoms with Crippen molar-refractivity contribution < 1.29 is 0 Å². The number of rotatable bonds is 2. The Bertz CT molecular complexity index is 181. The van der Waals surface area contributed by atoms with Crippen molar-refractivity contribution in [1.29, 1.82) is 0 Å². The Morgan fingerprint density at radius 3 is 2.42 bits per heavy atom. The average molecular weight is 187 g/mol. The molecule has 70 valence electrons. The molecule has 0 heterocycles. The van der Waals surface area contributed by atoms with Gasteiger partial charge in [-0.05, 0) is 39.0 Å². The lowest BCUT2D eigenvalue weighted by atomic mass is 9.93. The first-order chi connectivity index (χ1) is 5.66. The van der Waals surface area contributed by atoms with E-state index in [-0.39, 0.29) is 0 Å². The van der Waals surface area contributed by atoms with Gasteiger partial charge in [0.1, 0.15) is 0 Å². The maximum absolute atomic E-state index is 6.24. The van der Waals surface area contributed by atoms with Crippen molar-refractivity contribution in [2.75, 3.05) is 0 Å². The van der Waals surface area contributed by atoms with Crippen molar-refractivity contribution >= 4 is 11.6 Å². The molecule has 1 aliphatic carbocycles. The minimum Gasteiger partial charge on any atom is -0.122 e. The predicted molar refractivity (Wildman–Crippen MR) is 55.6 cm³/mol. The Kier molecular flexibility index (Phi) is 3.64. The van der Waals surface area contributed by atoms with Gasteiger partial charge in [0.05, 0.1) is 0 Å². The zero-order valence-electron chi connectivity index (χ0n) is 8.36. The summed E-state index contributed by atoms with van der Waals surface area (Å²) < 4.78 is 0. The van der Waals surface area contributed by atoms with Crippen molar-refractivity contribution in [3.05, 3.63) is 11.1 Å². The fourth-order valence-electron chi connectivity index (χ4n) is 2.00. The van der Waals surface area contributed by atoms with E-state index in [1.165, 1.54) is 31.3 Å². The van der Waals surface area contributed by atoms with E-state index in [0.29, 0.717) is 11.3 Å². The molecule has 1 saturated carbocycles. The molecule has 0 aromatic rings. The van der Waals surface area contributed by atoms with E-state index >= 15 is 0 Å². The van der Waals surface area contributed by atoms with Crippen molar-refractivity contribution in [2.24, 2.45) is 5.92 Å². The highest BCUT2D eigenvalue weighted by molar-refractivity contribution is 6.21. The monoisotopic (exact) mass is 186 g/mol. The van der Waals surface area contributed by atoms with Crippen LogP contribution in [0.2, 0.25) is 0 Å². The quantitative estimate of drug-likeness (QED) is 0.449. The molecular formula is C11H19Cl. The topological polar surface area (TPSA) is 0 Å². The standard InChI is InChI=1S/C11H19Cl/c1-4-8(2)9(3)10-6-5-7-11(10)12/h10-11H,4-7H2,1-3H3/b9-8-. The molecule has 0 aromatic carbocycles. The highest BCUT2D eigenvalue weighted by atomic mass is 35.5. The third-order valence-electron chi connectivity index (χ3n) is 3.19. The van der Waals surface area contributed by atoms with Gasteiger partial charge in [-0.1, -0.05) is 24.5 Å². The summed E-state index contributed by atoms with van der Waals surface area (Å²) >= 11 is 6.24. The molecule has 2 unspecified atom stereocenters. The van der Waals surface area contributed by atoms with Crippen LogP contribution in [0.3, 0.4) is 0 Å². The molecule has 0 N–H and O–H groups in total. The third-order valence-corrected chi connectivity index (χ3v) is 3.71. The molecule has 12 heavy (non-hydrogen) atoms. The smallest absolute Gasteiger partial charge is 0.0401 e. The van der Waals surface area contributed by atoms with E-state index < -0.39 is 0 Å². The minimum atomic E-state index is 0.409. The summed E-state index contributed by atoms with van der Waals surface area (Å²) in [5.74, 6) is 0.673. The summed E-state index contributed by atoms with van der Waals surface area (Å²) in [6, 6.07) is 0. The Morgan fingerprint density at radius 1 is 1.33 bits per heavy atom. The molecule has 0 aromatic heterocycles. The Morgan fingerprint density at radius 2 is 2.00 bits per heavy atom. The molecule has 1 rings (SSSR count). The van der Waals surface area contributed by atoms with Crippen LogP contribution in [0, 0.1) is 5.92 Å². The van der Waals surface area contributed by atoms with Crippen LogP contribution in [0.4, 0.5) is 0 Å². The van der Waals surface area contributed by atoms with Gasteiger partial charge in [-0.15, -0.1) is 11.6 Å². The van der Waals surface area contributed by atoms with Crippen LogP contribution < -0.4 is 0 Å². The van der Waals surface area contributed by atoms with Gasteiger partial charge in [0.15, 0.2) is 0 Å². The predicted octanol–water partition coefficient (Wildman–Crippen LogP) is 4.14. The molecule has 0 spiro atoms. The SMILES string of the molecule is CC/C(C)=C(/C)C1CCCC1Cl. The van der Waals surface area contributed by atoms with E-state index in [1.54, 1.807) is 5.57 Å². The summed E-state index contributed by atoms with van der Waals surface area (Å²) in [6.07, 6.45) is 5.00. The van der Waals surface area contributed by atoms with E-state index in [1.807, 2.05) is 0 Å². The van der Waals surface area contributed by atoms with Crippen LogP contribution in [0.15, 0.2) is 11.1 Å². The summed E-state index contributed by atoms with van der Waals surface area (Å²) in [5.41, 5.74) is 3.09. The van der Waals surface area contributed by atoms with Crippen molar-refractivity contribution in [2.45, 2.75) is 51.8 Å². The van der Waals surface area contributed by atoms with Crippen LogP contribution in [0.5, 0.6) is 0 Å². The first kappa shape index (κ1) is 10.1. The minimum absolute atomic E-state index is 0.409. The summed E-state index contributed by atoms with van der Waals surface area (Å²) in [5, 5.41) is 0.409. The fourth-order valence-corrected chi connectivity index (χ4v) is 2.47. The van der Waals surface area contributed by atoms with Gasteiger partial charge < -0.3 is 0 Å². The van der Waals surface area contributed by atoms with Crippen LogP contribution >= 0.6 is 11.6 Å². The van der Waals surface area contributed by atoms with Gasteiger partial charge in [-0.3, -0.25) is 0 Å². The average Bonchev–Trinajstić information content (AvgIpc) is 2.48. The molecule has 0 amide bonds. The molecule has 0 aliphatic heterocycles. The van der Waals surface area contributed by atoms with Gasteiger partial charge >= 0.3 is 0 Å². The number of hydrogen-bond donors (Lipinski definition) is 0. The van der Waals surface area contributed by atoms with Gasteiger partial charge in [-0.25, -0.2) is 0 Å². The lowest BCUT2D eigenvalue weighted by Gasteiger charge is -2.17. The maximum Gasteiger partial charge on any atom is 0.0401 e. The molecule has 1 fully saturated rings. The highest BCUT2D eigenvalue weighted by Gasteiger charge is 2.26. The zero-order valence-corrected chi connectivity index (χ0v) is 9.12. The second-order valence-corrected chi connectivity index (χ2v) is 4.43. The van der Waals surface area contributed by atoms with Crippen LogP contribution in [-0.4, -0.2) is 5.38 Å². The maximum atomic E-state index is 6.24. The molecule has 1 aliphatic rings.